The van der Waals surface area contributed by atoms with Crippen LogP contribution in [0.5, 0.6) is 0 Å². The van der Waals surface area contributed by atoms with Gasteiger partial charge in [-0.2, -0.15) is 0 Å². The van der Waals surface area contributed by atoms with E-state index in [-0.39, 0.29) is 22.6 Å². The van der Waals surface area contributed by atoms with Gasteiger partial charge in [-0.15, -0.1) is 0 Å². The summed E-state index contributed by atoms with van der Waals surface area (Å²) >= 11 is 5.92. The summed E-state index contributed by atoms with van der Waals surface area (Å²) in [5.41, 5.74) is 0.873. The number of hydrogen-bond acceptors (Lipinski definition) is 4. The molecule has 0 bridgehead atoms. The minimum atomic E-state index is -1.20. The van der Waals surface area contributed by atoms with E-state index in [1.165, 1.54) is 61.5 Å². The molecule has 166 valence electrons. The van der Waals surface area contributed by atoms with Crippen molar-refractivity contribution in [3.63, 3.8) is 0 Å². The second-order valence-corrected chi connectivity index (χ2v) is 7.86. The number of benzene rings is 3. The van der Waals surface area contributed by atoms with Crippen LogP contribution in [0.25, 0.3) is 5.76 Å². The van der Waals surface area contributed by atoms with Crippen LogP contribution in [0.1, 0.15) is 24.1 Å². The van der Waals surface area contributed by atoms with E-state index in [1.807, 2.05) is 0 Å². The highest BCUT2D eigenvalue weighted by molar-refractivity contribution is 6.51. The van der Waals surface area contributed by atoms with Crippen LogP contribution in [-0.4, -0.2) is 22.7 Å². The number of aliphatic hydroxyl groups excluding tert-OH is 1. The van der Waals surface area contributed by atoms with Gasteiger partial charge >= 0.3 is 0 Å². The molecule has 0 aromatic heterocycles. The SMILES string of the molecule is CC(=O)Nc1ccc(N2C(=O)C(=O)/C(=C(/O)c3ccc(Cl)cc3)[C@@H]2c2ccccc2F)cc1. The number of nitrogens with one attached hydrogen (secondary N) is 1. The Balaban J connectivity index is 1.89. The molecule has 1 saturated heterocycles. The van der Waals surface area contributed by atoms with Gasteiger partial charge in [0.15, 0.2) is 0 Å². The molecule has 0 aliphatic carbocycles. The first-order chi connectivity index (χ1) is 15.8. The van der Waals surface area contributed by atoms with Gasteiger partial charge in [0.25, 0.3) is 11.7 Å². The van der Waals surface area contributed by atoms with Crippen molar-refractivity contribution in [3.8, 4) is 0 Å². The highest BCUT2D eigenvalue weighted by Crippen LogP contribution is 2.43. The Hall–Kier alpha value is -3.97. The van der Waals surface area contributed by atoms with Crippen LogP contribution in [0, 0.1) is 5.82 Å². The van der Waals surface area contributed by atoms with Crippen LogP contribution in [0.2, 0.25) is 5.02 Å². The van der Waals surface area contributed by atoms with Gasteiger partial charge in [-0.05, 0) is 54.6 Å². The molecular formula is C25H18ClFN2O4. The van der Waals surface area contributed by atoms with Crippen molar-refractivity contribution in [2.24, 2.45) is 0 Å². The summed E-state index contributed by atoms with van der Waals surface area (Å²) in [6.07, 6.45) is 0. The van der Waals surface area contributed by atoms with Crippen molar-refractivity contribution in [1.29, 1.82) is 0 Å². The Kier molecular flexibility index (Phi) is 5.98. The summed E-state index contributed by atoms with van der Waals surface area (Å²) in [5, 5.41) is 14.0. The summed E-state index contributed by atoms with van der Waals surface area (Å²) in [5.74, 6) is -3.19. The largest absolute Gasteiger partial charge is 0.507 e. The van der Waals surface area contributed by atoms with Crippen LogP contribution in [0.4, 0.5) is 15.8 Å². The van der Waals surface area contributed by atoms with E-state index in [1.54, 1.807) is 18.2 Å². The smallest absolute Gasteiger partial charge is 0.300 e. The monoisotopic (exact) mass is 464 g/mol. The fourth-order valence-corrected chi connectivity index (χ4v) is 3.89. The number of ketones is 1. The van der Waals surface area contributed by atoms with Crippen LogP contribution >= 0.6 is 11.6 Å². The fourth-order valence-electron chi connectivity index (χ4n) is 3.76. The molecule has 1 heterocycles. The number of aliphatic hydroxyl groups is 1. The van der Waals surface area contributed by atoms with Gasteiger partial charge in [0.1, 0.15) is 11.6 Å². The van der Waals surface area contributed by atoms with Gasteiger partial charge in [-0.1, -0.05) is 29.8 Å². The number of amides is 2. The van der Waals surface area contributed by atoms with Crippen molar-refractivity contribution in [1.82, 2.24) is 0 Å². The molecule has 4 rings (SSSR count). The minimum Gasteiger partial charge on any atom is -0.507 e. The van der Waals surface area contributed by atoms with E-state index in [0.717, 1.165) is 4.90 Å². The second-order valence-electron chi connectivity index (χ2n) is 7.43. The first-order valence-corrected chi connectivity index (χ1v) is 10.3. The third-order valence-electron chi connectivity index (χ3n) is 5.23. The first kappa shape index (κ1) is 22.2. The highest BCUT2D eigenvalue weighted by atomic mass is 35.5. The molecule has 33 heavy (non-hydrogen) atoms. The van der Waals surface area contributed by atoms with E-state index < -0.39 is 29.3 Å². The number of rotatable bonds is 4. The lowest BCUT2D eigenvalue weighted by Gasteiger charge is -2.26. The third-order valence-corrected chi connectivity index (χ3v) is 5.48. The Morgan fingerprint density at radius 1 is 1.00 bits per heavy atom. The van der Waals surface area contributed by atoms with Gasteiger partial charge in [0.2, 0.25) is 5.91 Å². The highest BCUT2D eigenvalue weighted by Gasteiger charge is 2.47. The number of anilines is 2. The molecule has 3 aromatic rings. The lowest BCUT2D eigenvalue weighted by atomic mass is 9.94. The number of hydrogen-bond donors (Lipinski definition) is 2. The van der Waals surface area contributed by atoms with Crippen LogP contribution in [0.15, 0.2) is 78.4 Å². The maximum Gasteiger partial charge on any atom is 0.300 e. The third kappa shape index (κ3) is 4.23. The van der Waals surface area contributed by atoms with Crippen molar-refractivity contribution in [3.05, 3.63) is 100 Å². The minimum absolute atomic E-state index is 0.0538. The molecule has 0 saturated carbocycles. The molecule has 1 aliphatic heterocycles. The molecule has 8 heteroatoms. The van der Waals surface area contributed by atoms with Crippen molar-refractivity contribution >= 4 is 46.3 Å². The lowest BCUT2D eigenvalue weighted by Crippen LogP contribution is -2.29. The Bertz CT molecular complexity index is 1290. The standard InChI is InChI=1S/C25H18ClFN2O4/c1-14(30)28-17-10-12-18(13-11-17)29-22(19-4-2-3-5-20(19)27)21(24(32)25(29)33)23(31)15-6-8-16(26)9-7-15/h2-13,22,31H,1H3,(H,28,30)/b23-21+/t22-/m0/s1. The first-order valence-electron chi connectivity index (χ1n) is 9.97. The Labute approximate surface area is 193 Å². The topological polar surface area (TPSA) is 86.7 Å². The van der Waals surface area contributed by atoms with Crippen molar-refractivity contribution < 1.29 is 23.9 Å². The average Bonchev–Trinajstić information content (AvgIpc) is 3.05. The van der Waals surface area contributed by atoms with Gasteiger partial charge in [0.05, 0.1) is 11.6 Å². The van der Waals surface area contributed by atoms with E-state index >= 15 is 0 Å². The zero-order valence-corrected chi connectivity index (χ0v) is 18.1. The van der Waals surface area contributed by atoms with Gasteiger partial charge in [-0.3, -0.25) is 19.3 Å². The maximum atomic E-state index is 14.9. The Morgan fingerprint density at radius 2 is 1.64 bits per heavy atom. The predicted octanol–water partition coefficient (Wildman–Crippen LogP) is 5.06. The molecule has 1 atom stereocenters. The lowest BCUT2D eigenvalue weighted by molar-refractivity contribution is -0.132. The molecule has 0 spiro atoms. The van der Waals surface area contributed by atoms with Gasteiger partial charge in [-0.25, -0.2) is 4.39 Å². The number of nitrogens with zero attached hydrogens (tertiary/aromatic N) is 1. The second kappa shape index (κ2) is 8.88. The molecule has 2 amide bonds. The summed E-state index contributed by atoms with van der Waals surface area (Å²) in [4.78, 5) is 38.6. The Morgan fingerprint density at radius 3 is 2.24 bits per heavy atom. The fraction of sp³-hybridized carbons (Fsp3) is 0.0800. The number of carbonyl (C=O) groups is 3. The van der Waals surface area contributed by atoms with Crippen molar-refractivity contribution in [2.75, 3.05) is 10.2 Å². The predicted molar refractivity (Wildman–Crippen MR) is 123 cm³/mol. The molecule has 0 unspecified atom stereocenters. The quantitative estimate of drug-likeness (QED) is 0.321. The summed E-state index contributed by atoms with van der Waals surface area (Å²) in [7, 11) is 0. The van der Waals surface area contributed by atoms with Crippen molar-refractivity contribution in [2.45, 2.75) is 13.0 Å². The zero-order valence-electron chi connectivity index (χ0n) is 17.4. The molecule has 2 N–H and O–H groups in total. The van der Waals surface area contributed by atoms with E-state index in [9.17, 15) is 23.9 Å². The number of Topliss-reactive ketones (excluding diaryl/α,β-unsaturated/α-hetero) is 1. The van der Waals surface area contributed by atoms with E-state index in [4.69, 9.17) is 11.6 Å². The number of halogens is 2. The van der Waals surface area contributed by atoms with E-state index in [0.29, 0.717) is 16.4 Å². The van der Waals surface area contributed by atoms with Gasteiger partial charge < -0.3 is 10.4 Å². The van der Waals surface area contributed by atoms with Gasteiger partial charge in [0, 0.05) is 34.4 Å². The maximum absolute atomic E-state index is 14.9. The molecule has 0 radical (unpaired) electrons. The summed E-state index contributed by atoms with van der Waals surface area (Å²) in [6, 6.07) is 16.8. The summed E-state index contributed by atoms with van der Waals surface area (Å²) < 4.78 is 14.9. The van der Waals surface area contributed by atoms with E-state index in [2.05, 4.69) is 5.32 Å². The zero-order chi connectivity index (χ0) is 23.7. The average molecular weight is 465 g/mol. The molecule has 3 aromatic carbocycles. The normalized spacial score (nSPS) is 17.3. The molecule has 1 fully saturated rings. The summed E-state index contributed by atoms with van der Waals surface area (Å²) in [6.45, 7) is 1.36. The van der Waals surface area contributed by atoms with Crippen LogP contribution < -0.4 is 10.2 Å². The molecule has 1 aliphatic rings. The molecular weight excluding hydrogens is 447 g/mol. The molecule has 6 nitrogen and oxygen atoms in total. The van der Waals surface area contributed by atoms with Crippen LogP contribution in [-0.2, 0) is 14.4 Å². The van der Waals surface area contributed by atoms with Crippen LogP contribution in [0.3, 0.4) is 0 Å². The number of carbonyl (C=O) groups excluding carboxylic acids is 3.